The molecule has 0 heterocycles. The molecule has 0 amide bonds. The van der Waals surface area contributed by atoms with Crippen LogP contribution in [0.1, 0.15) is 10.4 Å². The summed E-state index contributed by atoms with van der Waals surface area (Å²) in [4.78, 5) is 35.3. The number of carbonyl (C=O) groups excluding carboxylic acids is 3. The summed E-state index contributed by atoms with van der Waals surface area (Å²) >= 11 is 0. The van der Waals surface area contributed by atoms with Gasteiger partial charge in [-0.15, -0.1) is 0 Å². The number of aldehydes is 1. The molecule has 1 aromatic carbocycles. The molecule has 0 saturated carbocycles. The summed E-state index contributed by atoms with van der Waals surface area (Å²) in [5.74, 6) is -0.919. The van der Waals surface area contributed by atoms with Gasteiger partial charge in [-0.25, -0.2) is 9.59 Å². The number of methoxy groups -OCH3 is 2. The SMILES string of the molecule is COC(=O)/C=C/CN(C/C=C/C(=O)OC)c1ccccc1C=O. The van der Waals surface area contributed by atoms with Gasteiger partial charge >= 0.3 is 11.9 Å². The Labute approximate surface area is 135 Å². The van der Waals surface area contributed by atoms with Gasteiger partial charge in [0, 0.05) is 36.5 Å². The summed E-state index contributed by atoms with van der Waals surface area (Å²) in [5.41, 5.74) is 1.22. The van der Waals surface area contributed by atoms with E-state index >= 15 is 0 Å². The second kappa shape index (κ2) is 9.94. The van der Waals surface area contributed by atoms with Crippen LogP contribution < -0.4 is 4.90 Å². The molecule has 0 aliphatic rings. The third-order valence-electron chi connectivity index (χ3n) is 2.97. The molecular formula is C17H19NO5. The third kappa shape index (κ3) is 6.17. The predicted octanol–water partition coefficient (Wildman–Crippen LogP) is 1.76. The van der Waals surface area contributed by atoms with E-state index in [1.165, 1.54) is 26.4 Å². The minimum absolute atomic E-state index is 0.367. The second-order valence-corrected chi connectivity index (χ2v) is 4.43. The average molecular weight is 317 g/mol. The minimum Gasteiger partial charge on any atom is -0.466 e. The van der Waals surface area contributed by atoms with Crippen LogP contribution in [0, 0.1) is 0 Å². The van der Waals surface area contributed by atoms with Gasteiger partial charge in [0.2, 0.25) is 0 Å². The van der Waals surface area contributed by atoms with E-state index in [0.717, 1.165) is 6.29 Å². The fourth-order valence-corrected chi connectivity index (χ4v) is 1.83. The molecule has 0 unspecified atom stereocenters. The van der Waals surface area contributed by atoms with Crippen LogP contribution in [0.15, 0.2) is 48.6 Å². The van der Waals surface area contributed by atoms with Crippen LogP contribution in [0.5, 0.6) is 0 Å². The Hall–Kier alpha value is -2.89. The van der Waals surface area contributed by atoms with Crippen LogP contribution in [-0.2, 0) is 19.1 Å². The Morgan fingerprint density at radius 3 is 2.00 bits per heavy atom. The van der Waals surface area contributed by atoms with Crippen LogP contribution in [0.3, 0.4) is 0 Å². The summed E-state index contributed by atoms with van der Waals surface area (Å²) < 4.78 is 9.07. The molecule has 0 aromatic heterocycles. The maximum Gasteiger partial charge on any atom is 0.330 e. The van der Waals surface area contributed by atoms with Crippen molar-refractivity contribution in [2.45, 2.75) is 0 Å². The molecule has 0 aliphatic carbocycles. The number of nitrogens with zero attached hydrogens (tertiary/aromatic N) is 1. The molecule has 0 bridgehead atoms. The third-order valence-corrected chi connectivity index (χ3v) is 2.97. The number of ether oxygens (including phenoxy) is 2. The fourth-order valence-electron chi connectivity index (χ4n) is 1.83. The van der Waals surface area contributed by atoms with Gasteiger partial charge < -0.3 is 14.4 Å². The van der Waals surface area contributed by atoms with E-state index in [1.54, 1.807) is 30.4 Å². The number of anilines is 1. The van der Waals surface area contributed by atoms with Crippen molar-refractivity contribution in [2.75, 3.05) is 32.2 Å². The lowest BCUT2D eigenvalue weighted by atomic mass is 10.1. The highest BCUT2D eigenvalue weighted by Crippen LogP contribution is 2.18. The fraction of sp³-hybridized carbons (Fsp3) is 0.235. The van der Waals surface area contributed by atoms with Gasteiger partial charge in [0.15, 0.2) is 6.29 Å². The summed E-state index contributed by atoms with van der Waals surface area (Å²) in [5, 5.41) is 0. The van der Waals surface area contributed by atoms with Crippen molar-refractivity contribution in [1.29, 1.82) is 0 Å². The summed E-state index contributed by atoms with van der Waals surface area (Å²) in [6, 6.07) is 7.06. The largest absolute Gasteiger partial charge is 0.466 e. The molecule has 6 nitrogen and oxygen atoms in total. The lowest BCUT2D eigenvalue weighted by Gasteiger charge is -2.23. The molecule has 0 radical (unpaired) electrons. The van der Waals surface area contributed by atoms with Crippen molar-refractivity contribution in [1.82, 2.24) is 0 Å². The van der Waals surface area contributed by atoms with Crippen LogP contribution in [0.25, 0.3) is 0 Å². The van der Waals surface area contributed by atoms with E-state index in [4.69, 9.17) is 0 Å². The van der Waals surface area contributed by atoms with Crippen molar-refractivity contribution in [2.24, 2.45) is 0 Å². The first-order valence-electron chi connectivity index (χ1n) is 6.90. The summed E-state index contributed by atoms with van der Waals surface area (Å²) in [6.07, 6.45) is 6.62. The Kier molecular flexibility index (Phi) is 7.85. The van der Waals surface area contributed by atoms with Crippen molar-refractivity contribution < 1.29 is 23.9 Å². The molecule has 1 aromatic rings. The molecular weight excluding hydrogens is 298 g/mol. The lowest BCUT2D eigenvalue weighted by molar-refractivity contribution is -0.135. The van der Waals surface area contributed by atoms with Crippen molar-refractivity contribution in [3.8, 4) is 0 Å². The van der Waals surface area contributed by atoms with Gasteiger partial charge in [-0.1, -0.05) is 24.3 Å². The van der Waals surface area contributed by atoms with E-state index in [9.17, 15) is 14.4 Å². The van der Waals surface area contributed by atoms with Gasteiger partial charge in [0.05, 0.1) is 14.2 Å². The Balaban J connectivity index is 2.93. The first-order valence-corrected chi connectivity index (χ1v) is 6.90. The first kappa shape index (κ1) is 18.2. The van der Waals surface area contributed by atoms with E-state index in [1.807, 2.05) is 11.0 Å². The Morgan fingerprint density at radius 1 is 1.00 bits per heavy atom. The van der Waals surface area contributed by atoms with Gasteiger partial charge in [-0.05, 0) is 12.1 Å². The van der Waals surface area contributed by atoms with Gasteiger partial charge in [0.25, 0.3) is 0 Å². The number of para-hydroxylation sites is 1. The van der Waals surface area contributed by atoms with E-state index < -0.39 is 11.9 Å². The highest BCUT2D eigenvalue weighted by Gasteiger charge is 2.08. The maximum absolute atomic E-state index is 11.2. The summed E-state index contributed by atoms with van der Waals surface area (Å²) in [7, 11) is 2.59. The van der Waals surface area contributed by atoms with E-state index in [-0.39, 0.29) is 0 Å². The molecule has 0 atom stereocenters. The highest BCUT2D eigenvalue weighted by molar-refractivity contribution is 5.85. The molecule has 0 saturated heterocycles. The lowest BCUT2D eigenvalue weighted by Crippen LogP contribution is -2.25. The number of esters is 2. The summed E-state index contributed by atoms with van der Waals surface area (Å²) in [6.45, 7) is 0.733. The van der Waals surface area contributed by atoms with Crippen LogP contribution in [0.4, 0.5) is 5.69 Å². The average Bonchev–Trinajstić information content (AvgIpc) is 2.59. The van der Waals surface area contributed by atoms with Crippen molar-refractivity contribution >= 4 is 23.9 Å². The van der Waals surface area contributed by atoms with E-state index in [0.29, 0.717) is 24.3 Å². The molecule has 0 N–H and O–H groups in total. The second-order valence-electron chi connectivity index (χ2n) is 4.43. The topological polar surface area (TPSA) is 72.9 Å². The molecule has 1 rings (SSSR count). The minimum atomic E-state index is -0.460. The van der Waals surface area contributed by atoms with Gasteiger partial charge in [-0.2, -0.15) is 0 Å². The number of carbonyl (C=O) groups is 3. The smallest absolute Gasteiger partial charge is 0.330 e. The van der Waals surface area contributed by atoms with Crippen LogP contribution >= 0.6 is 0 Å². The zero-order chi connectivity index (χ0) is 17.1. The predicted molar refractivity (Wildman–Crippen MR) is 86.4 cm³/mol. The van der Waals surface area contributed by atoms with Crippen LogP contribution in [-0.4, -0.2) is 45.5 Å². The molecule has 23 heavy (non-hydrogen) atoms. The zero-order valence-electron chi connectivity index (χ0n) is 13.1. The number of hydrogen-bond donors (Lipinski definition) is 0. The number of hydrogen-bond acceptors (Lipinski definition) is 6. The quantitative estimate of drug-likeness (QED) is 0.413. The number of benzene rings is 1. The van der Waals surface area contributed by atoms with Crippen molar-refractivity contribution in [3.63, 3.8) is 0 Å². The van der Waals surface area contributed by atoms with Gasteiger partial charge in [-0.3, -0.25) is 4.79 Å². The molecule has 6 heteroatoms. The van der Waals surface area contributed by atoms with Crippen molar-refractivity contribution in [3.05, 3.63) is 54.1 Å². The van der Waals surface area contributed by atoms with E-state index in [2.05, 4.69) is 9.47 Å². The van der Waals surface area contributed by atoms with Gasteiger partial charge in [0.1, 0.15) is 0 Å². The molecule has 0 spiro atoms. The molecule has 0 fully saturated rings. The highest BCUT2D eigenvalue weighted by atomic mass is 16.5. The zero-order valence-corrected chi connectivity index (χ0v) is 13.1. The first-order chi connectivity index (χ1) is 11.1. The molecule has 0 aliphatic heterocycles. The Bertz CT molecular complexity index is 579. The Morgan fingerprint density at radius 2 is 1.52 bits per heavy atom. The molecule has 122 valence electrons. The maximum atomic E-state index is 11.2. The number of rotatable bonds is 8. The standard InChI is InChI=1S/C17H19NO5/c1-22-16(20)9-5-11-18(12-6-10-17(21)23-2)15-8-4-3-7-14(15)13-19/h3-10,13H,11-12H2,1-2H3/b9-5+,10-6+. The monoisotopic (exact) mass is 317 g/mol. The normalized spacial score (nSPS) is 10.7. The van der Waals surface area contributed by atoms with Crippen LogP contribution in [0.2, 0.25) is 0 Å².